The minimum absolute atomic E-state index is 0.0780. The molecule has 0 radical (unpaired) electrons. The smallest absolute Gasteiger partial charge is 0.123 e. The summed E-state index contributed by atoms with van der Waals surface area (Å²) in [6.07, 6.45) is 5.73. The molecule has 30 heavy (non-hydrogen) atoms. The van der Waals surface area contributed by atoms with Gasteiger partial charge in [0.2, 0.25) is 0 Å². The van der Waals surface area contributed by atoms with E-state index in [-0.39, 0.29) is 17.3 Å². The van der Waals surface area contributed by atoms with E-state index in [1.807, 2.05) is 42.1 Å². The number of hydrogen-bond donors (Lipinski definition) is 0. The quantitative estimate of drug-likeness (QED) is 0.435. The lowest BCUT2D eigenvalue weighted by atomic mass is 9.70. The fourth-order valence-corrected chi connectivity index (χ4v) is 4.50. The average molecular weight is 425 g/mol. The van der Waals surface area contributed by atoms with Crippen molar-refractivity contribution in [1.29, 1.82) is 0 Å². The second-order valence-corrected chi connectivity index (χ2v) is 8.58. The number of benzene rings is 2. The molecule has 0 N–H and O–H groups in total. The molecular formula is C25H26ClFN2O. The van der Waals surface area contributed by atoms with Gasteiger partial charge in [-0.25, -0.2) is 9.07 Å². The Hall–Kier alpha value is -2.43. The number of hydrogen-bond acceptors (Lipinski definition) is 2. The third kappa shape index (κ3) is 3.94. The summed E-state index contributed by atoms with van der Waals surface area (Å²) in [5.41, 5.74) is 5.32. The Labute approximate surface area is 182 Å². The molecule has 5 heteroatoms. The molecule has 1 aromatic heterocycles. The predicted octanol–water partition coefficient (Wildman–Crippen LogP) is 6.80. The number of nitrogens with zero attached hydrogens (tertiary/aromatic N) is 2. The van der Waals surface area contributed by atoms with Crippen LogP contribution in [0.1, 0.15) is 50.1 Å². The molecule has 1 aliphatic rings. The highest BCUT2D eigenvalue weighted by Gasteiger charge is 2.36. The highest BCUT2D eigenvalue weighted by atomic mass is 35.5. The Bertz CT molecular complexity index is 1070. The molecule has 0 spiro atoms. The summed E-state index contributed by atoms with van der Waals surface area (Å²) in [4.78, 5) is 0. The molecule has 2 atom stereocenters. The number of rotatable bonds is 6. The lowest BCUT2D eigenvalue weighted by molar-refractivity contribution is 0.0324. The molecule has 0 saturated heterocycles. The Kier molecular flexibility index (Phi) is 5.81. The number of halogens is 2. The molecule has 3 nitrogen and oxygen atoms in total. The van der Waals surface area contributed by atoms with Crippen molar-refractivity contribution in [2.24, 2.45) is 5.41 Å². The lowest BCUT2D eigenvalue weighted by Gasteiger charge is -2.37. The molecule has 156 valence electrons. The summed E-state index contributed by atoms with van der Waals surface area (Å²) in [5.74, 6) is -0.249. The van der Waals surface area contributed by atoms with Crippen molar-refractivity contribution in [1.82, 2.24) is 9.78 Å². The van der Waals surface area contributed by atoms with Crippen LogP contribution in [0, 0.1) is 11.2 Å². The first-order valence-corrected chi connectivity index (χ1v) is 10.7. The molecule has 1 unspecified atom stereocenters. The maximum Gasteiger partial charge on any atom is 0.123 e. The van der Waals surface area contributed by atoms with Gasteiger partial charge in [-0.05, 0) is 79.6 Å². The van der Waals surface area contributed by atoms with Gasteiger partial charge in [0.05, 0.1) is 23.7 Å². The zero-order chi connectivity index (χ0) is 21.3. The Morgan fingerprint density at radius 1 is 1.20 bits per heavy atom. The third-order valence-corrected chi connectivity index (χ3v) is 6.44. The highest BCUT2D eigenvalue weighted by Crippen LogP contribution is 2.46. The van der Waals surface area contributed by atoms with Crippen LogP contribution < -0.4 is 0 Å². The van der Waals surface area contributed by atoms with Gasteiger partial charge in [-0.3, -0.25) is 0 Å². The Balaban J connectivity index is 1.65. The molecular weight excluding hydrogens is 399 g/mol. The van der Waals surface area contributed by atoms with Crippen molar-refractivity contribution < 1.29 is 9.13 Å². The fourth-order valence-electron chi connectivity index (χ4n) is 4.25. The van der Waals surface area contributed by atoms with Crippen LogP contribution in [0.25, 0.3) is 11.8 Å². The maximum atomic E-state index is 13.3. The van der Waals surface area contributed by atoms with Gasteiger partial charge in [0.25, 0.3) is 0 Å². The van der Waals surface area contributed by atoms with E-state index in [9.17, 15) is 4.39 Å². The SMILES string of the molecule is CCOC(C[C@@]1(C)Cc2cnn(-c3ccc(F)cc3)c2C=C1C)c1ccccc1Cl. The van der Waals surface area contributed by atoms with Crippen LogP contribution in [-0.4, -0.2) is 16.4 Å². The molecule has 0 aliphatic heterocycles. The van der Waals surface area contributed by atoms with Gasteiger partial charge < -0.3 is 4.74 Å². The molecule has 4 rings (SSSR count). The summed E-state index contributed by atoms with van der Waals surface area (Å²) in [7, 11) is 0. The topological polar surface area (TPSA) is 27.1 Å². The van der Waals surface area contributed by atoms with E-state index in [1.165, 1.54) is 23.3 Å². The van der Waals surface area contributed by atoms with Crippen LogP contribution >= 0.6 is 11.6 Å². The molecule has 0 amide bonds. The minimum atomic E-state index is -0.249. The van der Waals surface area contributed by atoms with Gasteiger partial charge in [0, 0.05) is 11.6 Å². The summed E-state index contributed by atoms with van der Waals surface area (Å²) in [6.45, 7) is 7.09. The van der Waals surface area contributed by atoms with Crippen molar-refractivity contribution in [2.75, 3.05) is 6.61 Å². The zero-order valence-electron chi connectivity index (χ0n) is 17.5. The lowest BCUT2D eigenvalue weighted by Crippen LogP contribution is -2.28. The van der Waals surface area contributed by atoms with Crippen molar-refractivity contribution >= 4 is 17.7 Å². The van der Waals surface area contributed by atoms with Crippen molar-refractivity contribution in [3.63, 3.8) is 0 Å². The molecule has 0 bridgehead atoms. The van der Waals surface area contributed by atoms with Crippen LogP contribution in [0.4, 0.5) is 4.39 Å². The van der Waals surface area contributed by atoms with Crippen LogP contribution in [0.3, 0.4) is 0 Å². The van der Waals surface area contributed by atoms with E-state index in [1.54, 1.807) is 12.1 Å². The molecule has 3 aromatic rings. The van der Waals surface area contributed by atoms with Gasteiger partial charge in [-0.15, -0.1) is 0 Å². The molecule has 0 saturated carbocycles. The van der Waals surface area contributed by atoms with Gasteiger partial charge in [-0.2, -0.15) is 5.10 Å². The minimum Gasteiger partial charge on any atom is -0.374 e. The maximum absolute atomic E-state index is 13.3. The van der Waals surface area contributed by atoms with Crippen LogP contribution in [0.5, 0.6) is 0 Å². The van der Waals surface area contributed by atoms with E-state index in [0.717, 1.165) is 34.8 Å². The summed E-state index contributed by atoms with van der Waals surface area (Å²) in [6, 6.07) is 14.3. The van der Waals surface area contributed by atoms with Crippen molar-refractivity contribution in [2.45, 2.75) is 39.7 Å². The second kappa shape index (κ2) is 8.37. The van der Waals surface area contributed by atoms with Crippen molar-refractivity contribution in [3.05, 3.63) is 88.0 Å². The van der Waals surface area contributed by atoms with Crippen LogP contribution in [0.15, 0.2) is 60.3 Å². The van der Waals surface area contributed by atoms with Crippen LogP contribution in [0.2, 0.25) is 5.02 Å². The van der Waals surface area contributed by atoms with Gasteiger partial charge in [-0.1, -0.05) is 42.3 Å². The number of aromatic nitrogens is 2. The Morgan fingerprint density at radius 2 is 1.93 bits per heavy atom. The normalized spacial score (nSPS) is 19.3. The predicted molar refractivity (Wildman–Crippen MR) is 119 cm³/mol. The highest BCUT2D eigenvalue weighted by molar-refractivity contribution is 6.31. The van der Waals surface area contributed by atoms with Gasteiger partial charge in [0.15, 0.2) is 0 Å². The monoisotopic (exact) mass is 424 g/mol. The van der Waals surface area contributed by atoms with Crippen molar-refractivity contribution in [3.8, 4) is 5.69 Å². The average Bonchev–Trinajstić information content (AvgIpc) is 3.11. The summed E-state index contributed by atoms with van der Waals surface area (Å²) >= 11 is 6.48. The van der Waals surface area contributed by atoms with E-state index >= 15 is 0 Å². The zero-order valence-corrected chi connectivity index (χ0v) is 18.3. The van der Waals surface area contributed by atoms with E-state index in [0.29, 0.717) is 6.61 Å². The fraction of sp³-hybridized carbons (Fsp3) is 0.320. The first kappa shape index (κ1) is 20.8. The van der Waals surface area contributed by atoms with Crippen LogP contribution in [-0.2, 0) is 11.2 Å². The van der Waals surface area contributed by atoms with Gasteiger partial charge >= 0.3 is 0 Å². The Morgan fingerprint density at radius 3 is 2.63 bits per heavy atom. The molecule has 0 fully saturated rings. The van der Waals surface area contributed by atoms with E-state index < -0.39 is 0 Å². The molecule has 1 aliphatic carbocycles. The second-order valence-electron chi connectivity index (χ2n) is 8.18. The number of allylic oxidation sites excluding steroid dienone is 1. The van der Waals surface area contributed by atoms with E-state index in [2.05, 4.69) is 25.0 Å². The summed E-state index contributed by atoms with van der Waals surface area (Å²) < 4.78 is 21.3. The summed E-state index contributed by atoms with van der Waals surface area (Å²) in [5, 5.41) is 5.32. The molecule has 1 heterocycles. The first-order chi connectivity index (χ1) is 14.4. The standard InChI is InChI=1S/C25H26ClFN2O/c1-4-30-24(21-7-5-6-8-22(21)26)15-25(3)14-18-16-28-29(23(18)13-17(25)2)20-11-9-19(27)10-12-20/h5-13,16,24H,4,14-15H2,1-3H3/t24?,25-/m1/s1. The van der Waals surface area contributed by atoms with Gasteiger partial charge in [0.1, 0.15) is 5.82 Å². The largest absolute Gasteiger partial charge is 0.374 e. The number of fused-ring (bicyclic) bond motifs is 1. The first-order valence-electron chi connectivity index (χ1n) is 10.3. The third-order valence-electron chi connectivity index (χ3n) is 6.10. The number of ether oxygens (including phenoxy) is 1. The van der Waals surface area contributed by atoms with E-state index in [4.69, 9.17) is 16.3 Å². The molecule has 2 aromatic carbocycles.